The van der Waals surface area contributed by atoms with Crippen molar-refractivity contribution >= 4 is 22.6 Å². The maximum atomic E-state index is 11.0. The number of aliphatic carboxylic acids is 1. The number of hydrogen-bond acceptors (Lipinski definition) is 5. The number of anilines is 1. The van der Waals surface area contributed by atoms with Crippen LogP contribution in [0.25, 0.3) is 10.9 Å². The molecule has 3 rings (SSSR count). The van der Waals surface area contributed by atoms with E-state index in [1.165, 1.54) is 0 Å². The molecule has 28 heavy (non-hydrogen) atoms. The van der Waals surface area contributed by atoms with Crippen LogP contribution in [-0.4, -0.2) is 24.0 Å². The number of fused-ring (bicyclic) bond motifs is 1. The van der Waals surface area contributed by atoms with Crippen LogP contribution >= 0.6 is 0 Å². The second-order valence-corrected chi connectivity index (χ2v) is 6.67. The maximum Gasteiger partial charge on any atom is 0.141 e. The second kappa shape index (κ2) is 8.74. The van der Waals surface area contributed by atoms with Crippen molar-refractivity contribution in [2.75, 3.05) is 18.0 Å². The predicted octanol–water partition coefficient (Wildman–Crippen LogP) is 3.86. The molecule has 146 valence electrons. The summed E-state index contributed by atoms with van der Waals surface area (Å²) in [6.07, 6.45) is 0.244. The van der Waals surface area contributed by atoms with E-state index >= 15 is 0 Å². The average molecular weight is 377 g/mol. The zero-order valence-corrected chi connectivity index (χ0v) is 16.6. The lowest BCUT2D eigenvalue weighted by Crippen LogP contribution is -2.22. The van der Waals surface area contributed by atoms with Crippen LogP contribution in [0.15, 0.2) is 48.5 Å². The molecule has 0 fully saturated rings. The summed E-state index contributed by atoms with van der Waals surface area (Å²) in [4.78, 5) is 17.9. The van der Waals surface area contributed by atoms with E-state index < -0.39 is 5.97 Å². The molecule has 5 heteroatoms. The number of ether oxygens (including phenoxy) is 1. The zero-order chi connectivity index (χ0) is 20.1. The number of aromatic nitrogens is 1. The number of carbonyl (C=O) groups excluding carboxylic acids is 1. The van der Waals surface area contributed by atoms with Crippen LogP contribution in [0.3, 0.4) is 0 Å². The van der Waals surface area contributed by atoms with Crippen molar-refractivity contribution < 1.29 is 14.6 Å². The first-order chi connectivity index (χ1) is 13.5. The minimum atomic E-state index is -1.08. The van der Waals surface area contributed by atoms with Gasteiger partial charge in [0.15, 0.2) is 0 Å². The molecule has 0 aliphatic carbocycles. The van der Waals surface area contributed by atoms with Gasteiger partial charge in [-0.25, -0.2) is 0 Å². The Balaban J connectivity index is 2.07. The van der Waals surface area contributed by atoms with Gasteiger partial charge < -0.3 is 19.5 Å². The van der Waals surface area contributed by atoms with E-state index in [1.54, 1.807) is 0 Å². The van der Waals surface area contributed by atoms with Gasteiger partial charge in [0.1, 0.15) is 11.5 Å². The van der Waals surface area contributed by atoms with Crippen LogP contribution < -0.4 is 14.7 Å². The molecule has 5 nitrogen and oxygen atoms in total. The highest BCUT2D eigenvalue weighted by Gasteiger charge is 2.15. The average Bonchev–Trinajstić information content (AvgIpc) is 2.68. The van der Waals surface area contributed by atoms with Crippen LogP contribution in [-0.2, 0) is 11.2 Å². The van der Waals surface area contributed by atoms with E-state index in [2.05, 4.69) is 29.8 Å². The number of carboxylic acids is 1. The Bertz CT molecular complexity index is 981. The van der Waals surface area contributed by atoms with E-state index in [-0.39, 0.29) is 6.42 Å². The Labute approximate surface area is 165 Å². The largest absolute Gasteiger partial charge is 0.550 e. The van der Waals surface area contributed by atoms with Crippen LogP contribution in [0, 0.1) is 6.92 Å². The van der Waals surface area contributed by atoms with Crippen LogP contribution in [0.5, 0.6) is 11.5 Å². The summed E-state index contributed by atoms with van der Waals surface area (Å²) in [5.74, 6) is 0.304. The van der Waals surface area contributed by atoms with E-state index in [4.69, 9.17) is 4.74 Å². The highest BCUT2D eigenvalue weighted by atomic mass is 16.5. The molecule has 1 heterocycles. The fraction of sp³-hybridized carbons (Fsp3) is 0.304. The quantitative estimate of drug-likeness (QED) is 0.596. The smallest absolute Gasteiger partial charge is 0.141 e. The van der Waals surface area contributed by atoms with Crippen molar-refractivity contribution in [3.8, 4) is 11.5 Å². The van der Waals surface area contributed by atoms with E-state index in [9.17, 15) is 9.90 Å². The lowest BCUT2D eigenvalue weighted by Gasteiger charge is -2.22. The lowest BCUT2D eigenvalue weighted by atomic mass is 10.0. The fourth-order valence-corrected chi connectivity index (χ4v) is 3.43. The number of aryl methyl sites for hydroxylation is 1. The van der Waals surface area contributed by atoms with Gasteiger partial charge in [-0.2, -0.15) is 0 Å². The number of nitrogens with zero attached hydrogens (tertiary/aromatic N) is 2. The monoisotopic (exact) mass is 377 g/mol. The number of hydrogen-bond donors (Lipinski definition) is 0. The van der Waals surface area contributed by atoms with Gasteiger partial charge >= 0.3 is 0 Å². The van der Waals surface area contributed by atoms with Crippen molar-refractivity contribution in [2.45, 2.75) is 33.6 Å². The number of para-hydroxylation sites is 1. The Morgan fingerprint density at radius 3 is 2.57 bits per heavy atom. The summed E-state index contributed by atoms with van der Waals surface area (Å²) in [7, 11) is 0. The van der Waals surface area contributed by atoms with Crippen LogP contribution in [0.1, 0.15) is 31.5 Å². The predicted molar refractivity (Wildman–Crippen MR) is 110 cm³/mol. The van der Waals surface area contributed by atoms with E-state index in [1.807, 2.05) is 49.4 Å². The van der Waals surface area contributed by atoms with Crippen molar-refractivity contribution in [3.63, 3.8) is 0 Å². The molecule has 0 unspecified atom stereocenters. The lowest BCUT2D eigenvalue weighted by molar-refractivity contribution is -0.305. The van der Waals surface area contributed by atoms with Crippen molar-refractivity contribution in [1.29, 1.82) is 0 Å². The molecule has 0 saturated heterocycles. The first-order valence-corrected chi connectivity index (χ1v) is 9.64. The third-order valence-electron chi connectivity index (χ3n) is 4.89. The molecule has 3 aromatic rings. The number of carboxylic acid groups (broad SMARTS) is 1. The number of benzene rings is 2. The SMILES string of the molecule is CCN(CC)c1cccc(Oc2c(CCC(=O)[O-])c(C)nc3ccccc23)c1. The standard InChI is InChI=1S/C23H26N2O3/c1-4-25(5-2)17-9-8-10-18(15-17)28-23-19(13-14-22(26)27)16(3)24-21-12-7-6-11-20(21)23/h6-12,15H,4-5,13-14H2,1-3H3,(H,26,27)/p-1. The first-order valence-electron chi connectivity index (χ1n) is 9.64. The summed E-state index contributed by atoms with van der Waals surface area (Å²) in [6, 6.07) is 15.7. The van der Waals surface area contributed by atoms with Crippen molar-refractivity contribution in [1.82, 2.24) is 4.98 Å². The minimum Gasteiger partial charge on any atom is -0.550 e. The molecule has 0 amide bonds. The molecule has 0 N–H and O–H groups in total. The zero-order valence-electron chi connectivity index (χ0n) is 16.6. The van der Waals surface area contributed by atoms with Crippen LogP contribution in [0.4, 0.5) is 5.69 Å². The molecule has 2 aromatic carbocycles. The molecule has 1 aromatic heterocycles. The summed E-state index contributed by atoms with van der Waals surface area (Å²) in [6.45, 7) is 7.95. The summed E-state index contributed by atoms with van der Waals surface area (Å²) < 4.78 is 6.34. The molecular weight excluding hydrogens is 352 g/mol. The molecule has 0 spiro atoms. The van der Waals surface area contributed by atoms with Crippen molar-refractivity contribution in [2.24, 2.45) is 0 Å². The molecular formula is C23H25N2O3-. The number of pyridine rings is 1. The highest BCUT2D eigenvalue weighted by Crippen LogP contribution is 2.36. The summed E-state index contributed by atoms with van der Waals surface area (Å²) in [5.41, 5.74) is 3.49. The minimum absolute atomic E-state index is 0.0727. The molecule has 0 saturated carbocycles. The van der Waals surface area contributed by atoms with Gasteiger partial charge in [-0.05, 0) is 57.9 Å². The fourth-order valence-electron chi connectivity index (χ4n) is 3.43. The first kappa shape index (κ1) is 19.7. The Hall–Kier alpha value is -3.08. The van der Waals surface area contributed by atoms with Crippen molar-refractivity contribution in [3.05, 3.63) is 59.8 Å². The summed E-state index contributed by atoms with van der Waals surface area (Å²) in [5, 5.41) is 11.9. The molecule has 0 radical (unpaired) electrons. The van der Waals surface area contributed by atoms with Gasteiger partial charge in [-0.1, -0.05) is 18.2 Å². The topological polar surface area (TPSA) is 65.5 Å². The maximum absolute atomic E-state index is 11.0. The second-order valence-electron chi connectivity index (χ2n) is 6.67. The van der Waals surface area contributed by atoms with Gasteiger partial charge in [-0.3, -0.25) is 4.98 Å². The molecule has 0 bridgehead atoms. The van der Waals surface area contributed by atoms with Crippen LogP contribution in [0.2, 0.25) is 0 Å². The molecule has 0 aliphatic rings. The Morgan fingerprint density at radius 1 is 1.11 bits per heavy atom. The van der Waals surface area contributed by atoms with Gasteiger partial charge in [0.2, 0.25) is 0 Å². The Morgan fingerprint density at radius 2 is 1.86 bits per heavy atom. The van der Waals surface area contributed by atoms with E-state index in [0.29, 0.717) is 12.2 Å². The molecule has 0 aliphatic heterocycles. The van der Waals surface area contributed by atoms with Gasteiger partial charge in [0, 0.05) is 47.5 Å². The van der Waals surface area contributed by atoms with E-state index in [0.717, 1.165) is 46.7 Å². The number of rotatable bonds is 8. The highest BCUT2D eigenvalue weighted by molar-refractivity contribution is 5.87. The third kappa shape index (κ3) is 4.25. The molecule has 0 atom stereocenters. The Kier molecular flexibility index (Phi) is 6.14. The van der Waals surface area contributed by atoms with Gasteiger partial charge in [0.25, 0.3) is 0 Å². The third-order valence-corrected chi connectivity index (χ3v) is 4.89. The summed E-state index contributed by atoms with van der Waals surface area (Å²) >= 11 is 0. The van der Waals surface area contributed by atoms with Gasteiger partial charge in [-0.15, -0.1) is 0 Å². The van der Waals surface area contributed by atoms with Gasteiger partial charge in [0.05, 0.1) is 5.52 Å². The normalized spacial score (nSPS) is 10.8. The number of carbonyl (C=O) groups is 1.